The van der Waals surface area contributed by atoms with Crippen LogP contribution in [0.5, 0.6) is 0 Å². The van der Waals surface area contributed by atoms with E-state index in [0.29, 0.717) is 0 Å². The van der Waals surface area contributed by atoms with Crippen LogP contribution in [0.4, 0.5) is 9.18 Å². The molecule has 0 aromatic heterocycles. The fraction of sp³-hybridized carbons (Fsp3) is 0.556. The molecule has 2 rings (SSSR count). The molecule has 1 heterocycles. The predicted octanol–water partition coefficient (Wildman–Crippen LogP) is 0.0288. The van der Waals surface area contributed by atoms with Crippen molar-refractivity contribution in [3.63, 3.8) is 0 Å². The minimum absolute atomic E-state index is 0.00444. The number of halogens is 1. The number of urea groups is 1. The van der Waals surface area contributed by atoms with Crippen LogP contribution in [0, 0.1) is 5.82 Å². The first-order chi connectivity index (χ1) is 12.8. The van der Waals surface area contributed by atoms with Gasteiger partial charge in [0.1, 0.15) is 24.1 Å². The number of rotatable bonds is 7. The van der Waals surface area contributed by atoms with Crippen molar-refractivity contribution in [2.24, 2.45) is 0 Å². The molecule has 1 unspecified atom stereocenters. The number of nitrogens with one attached hydrogen (secondary N) is 3. The number of hydrogen-bond acceptors (Lipinski definition) is 5. The molecule has 3 amide bonds. The first-order valence-electron chi connectivity index (χ1n) is 8.83. The van der Waals surface area contributed by atoms with E-state index in [9.17, 15) is 24.2 Å². The number of aliphatic hydroxyl groups is 2. The highest BCUT2D eigenvalue weighted by atomic mass is 19.1. The van der Waals surface area contributed by atoms with E-state index >= 15 is 0 Å². The quantitative estimate of drug-likeness (QED) is 0.455. The molecular formula is C18H26FN3O5. The molecule has 0 saturated carbocycles. The first-order valence-corrected chi connectivity index (χ1v) is 8.83. The maximum absolute atomic E-state index is 12.9. The Hall–Kier alpha value is -2.23. The Morgan fingerprint density at radius 1 is 1.11 bits per heavy atom. The summed E-state index contributed by atoms with van der Waals surface area (Å²) in [5.41, 5.74) is 0.732. The van der Waals surface area contributed by atoms with Crippen LogP contribution in [0.25, 0.3) is 0 Å². The Kier molecular flexibility index (Phi) is 7.52. The highest BCUT2D eigenvalue weighted by Gasteiger charge is 2.43. The summed E-state index contributed by atoms with van der Waals surface area (Å²) in [6, 6.07) is 5.27. The van der Waals surface area contributed by atoms with Gasteiger partial charge in [-0.05, 0) is 31.5 Å². The highest BCUT2D eigenvalue weighted by Crippen LogP contribution is 2.23. The number of carbonyl (C=O) groups excluding carboxylic acids is 2. The van der Waals surface area contributed by atoms with Crippen LogP contribution in [0.2, 0.25) is 0 Å². The Balaban J connectivity index is 1.77. The molecule has 5 N–H and O–H groups in total. The van der Waals surface area contributed by atoms with Gasteiger partial charge in [0, 0.05) is 19.1 Å². The van der Waals surface area contributed by atoms with Crippen LogP contribution < -0.4 is 16.0 Å². The summed E-state index contributed by atoms with van der Waals surface area (Å²) in [6.45, 7) is 3.84. The smallest absolute Gasteiger partial charge is 0.315 e. The number of benzene rings is 1. The van der Waals surface area contributed by atoms with Gasteiger partial charge >= 0.3 is 6.03 Å². The van der Waals surface area contributed by atoms with Crippen molar-refractivity contribution >= 4 is 11.9 Å². The zero-order chi connectivity index (χ0) is 20.0. The van der Waals surface area contributed by atoms with Gasteiger partial charge in [0.15, 0.2) is 0 Å². The normalized spacial score (nSPS) is 24.7. The summed E-state index contributed by atoms with van der Waals surface area (Å²) >= 11 is 0. The molecule has 1 aliphatic rings. The Bertz CT molecular complexity index is 640. The number of ether oxygens (including phenoxy) is 1. The summed E-state index contributed by atoms with van der Waals surface area (Å²) in [5, 5.41) is 28.0. The van der Waals surface area contributed by atoms with E-state index in [1.165, 1.54) is 12.1 Å². The molecule has 1 saturated heterocycles. The third-order valence-corrected chi connectivity index (χ3v) is 4.13. The second kappa shape index (κ2) is 9.63. The van der Waals surface area contributed by atoms with E-state index in [4.69, 9.17) is 4.74 Å². The summed E-state index contributed by atoms with van der Waals surface area (Å²) in [7, 11) is 0. The summed E-state index contributed by atoms with van der Waals surface area (Å²) in [4.78, 5) is 23.6. The summed E-state index contributed by atoms with van der Waals surface area (Å²) in [5.74, 6) is -0.731. The predicted molar refractivity (Wildman–Crippen MR) is 95.2 cm³/mol. The molecule has 4 atom stereocenters. The molecule has 1 aliphatic heterocycles. The molecule has 150 valence electrons. The summed E-state index contributed by atoms with van der Waals surface area (Å²) in [6.07, 6.45) is -4.28. The summed E-state index contributed by atoms with van der Waals surface area (Å²) < 4.78 is 18.4. The van der Waals surface area contributed by atoms with Gasteiger partial charge in [-0.25, -0.2) is 9.18 Å². The lowest BCUT2D eigenvalue weighted by Crippen LogP contribution is -2.45. The van der Waals surface area contributed by atoms with Crippen LogP contribution in [-0.2, 0) is 16.1 Å². The Morgan fingerprint density at radius 3 is 2.37 bits per heavy atom. The van der Waals surface area contributed by atoms with Gasteiger partial charge in [0.2, 0.25) is 5.91 Å². The fourth-order valence-corrected chi connectivity index (χ4v) is 2.73. The monoisotopic (exact) mass is 383 g/mol. The van der Waals surface area contributed by atoms with Crippen molar-refractivity contribution in [2.45, 2.75) is 57.3 Å². The van der Waals surface area contributed by atoms with Crippen LogP contribution in [0.15, 0.2) is 24.3 Å². The van der Waals surface area contributed by atoms with Gasteiger partial charge in [-0.1, -0.05) is 12.1 Å². The molecule has 0 spiro atoms. The lowest BCUT2D eigenvalue weighted by molar-refractivity contribution is -0.125. The third kappa shape index (κ3) is 6.46. The van der Waals surface area contributed by atoms with Crippen LogP contribution >= 0.6 is 0 Å². The van der Waals surface area contributed by atoms with E-state index < -0.39 is 30.4 Å². The second-order valence-electron chi connectivity index (χ2n) is 6.81. The SMILES string of the molecule is CC(C)NC(=O)NC[C@H]1O[C@@H](CC(=O)NCc2ccc(F)cc2)C(O)[C@@H]1O. The van der Waals surface area contributed by atoms with Crippen LogP contribution in [-0.4, -0.2) is 59.2 Å². The first kappa shape index (κ1) is 21.1. The van der Waals surface area contributed by atoms with Gasteiger partial charge in [0.25, 0.3) is 0 Å². The van der Waals surface area contributed by atoms with Crippen molar-refractivity contribution < 1.29 is 28.9 Å². The minimum Gasteiger partial charge on any atom is -0.388 e. The topological polar surface area (TPSA) is 120 Å². The molecule has 1 aromatic carbocycles. The van der Waals surface area contributed by atoms with E-state index in [1.54, 1.807) is 12.1 Å². The van der Waals surface area contributed by atoms with Crippen molar-refractivity contribution in [3.8, 4) is 0 Å². The zero-order valence-electron chi connectivity index (χ0n) is 15.3. The Labute approximate surface area is 157 Å². The van der Waals surface area contributed by atoms with E-state index in [-0.39, 0.29) is 37.3 Å². The second-order valence-corrected chi connectivity index (χ2v) is 6.81. The van der Waals surface area contributed by atoms with E-state index in [0.717, 1.165) is 5.56 Å². The minimum atomic E-state index is -1.23. The van der Waals surface area contributed by atoms with Crippen molar-refractivity contribution in [1.82, 2.24) is 16.0 Å². The van der Waals surface area contributed by atoms with Crippen molar-refractivity contribution in [1.29, 1.82) is 0 Å². The van der Waals surface area contributed by atoms with Gasteiger partial charge in [-0.15, -0.1) is 0 Å². The average molecular weight is 383 g/mol. The van der Waals surface area contributed by atoms with Crippen LogP contribution in [0.3, 0.4) is 0 Å². The molecule has 27 heavy (non-hydrogen) atoms. The Morgan fingerprint density at radius 2 is 1.74 bits per heavy atom. The molecule has 8 nitrogen and oxygen atoms in total. The van der Waals surface area contributed by atoms with Gasteiger partial charge in [-0.3, -0.25) is 4.79 Å². The van der Waals surface area contributed by atoms with E-state index in [1.807, 2.05) is 13.8 Å². The maximum Gasteiger partial charge on any atom is 0.315 e. The van der Waals surface area contributed by atoms with Gasteiger partial charge in [-0.2, -0.15) is 0 Å². The number of carbonyl (C=O) groups is 2. The molecule has 0 bridgehead atoms. The standard InChI is InChI=1S/C18H26FN3O5/c1-10(2)22-18(26)21-9-14-17(25)16(24)13(27-14)7-15(23)20-8-11-3-5-12(19)6-4-11/h3-6,10,13-14,16-17,24-25H,7-9H2,1-2H3,(H,20,23)(H2,21,22,26)/t13-,14+,16?,17+/m0/s1. The largest absolute Gasteiger partial charge is 0.388 e. The number of aliphatic hydroxyl groups excluding tert-OH is 2. The molecule has 1 fully saturated rings. The lowest BCUT2D eigenvalue weighted by atomic mass is 10.1. The molecule has 0 aliphatic carbocycles. The molecule has 1 aromatic rings. The molecule has 0 radical (unpaired) electrons. The van der Waals surface area contributed by atoms with E-state index in [2.05, 4.69) is 16.0 Å². The number of hydrogen-bond donors (Lipinski definition) is 5. The lowest BCUT2D eigenvalue weighted by Gasteiger charge is -2.16. The maximum atomic E-state index is 12.9. The van der Waals surface area contributed by atoms with Crippen LogP contribution in [0.1, 0.15) is 25.8 Å². The third-order valence-electron chi connectivity index (χ3n) is 4.13. The molecule has 9 heteroatoms. The molecular weight excluding hydrogens is 357 g/mol. The van der Waals surface area contributed by atoms with Gasteiger partial charge < -0.3 is 30.9 Å². The van der Waals surface area contributed by atoms with Crippen molar-refractivity contribution in [2.75, 3.05) is 6.54 Å². The zero-order valence-corrected chi connectivity index (χ0v) is 15.3. The van der Waals surface area contributed by atoms with Gasteiger partial charge in [0.05, 0.1) is 12.5 Å². The van der Waals surface area contributed by atoms with Crippen molar-refractivity contribution in [3.05, 3.63) is 35.6 Å². The fourth-order valence-electron chi connectivity index (χ4n) is 2.73. The number of amides is 3. The average Bonchev–Trinajstić information content (AvgIpc) is 2.87. The highest BCUT2D eigenvalue weighted by molar-refractivity contribution is 5.76.